The van der Waals surface area contributed by atoms with E-state index in [4.69, 9.17) is 22.1 Å². The molecule has 3 N–H and O–H groups in total. The Morgan fingerprint density at radius 2 is 2.16 bits per heavy atom. The van der Waals surface area contributed by atoms with Crippen molar-refractivity contribution in [1.82, 2.24) is 5.32 Å². The van der Waals surface area contributed by atoms with Crippen molar-refractivity contribution in [2.75, 3.05) is 6.54 Å². The third kappa shape index (κ3) is 5.80. The van der Waals surface area contributed by atoms with Crippen LogP contribution in [-0.4, -0.2) is 18.2 Å². The Bertz CT molecular complexity index is 460. The van der Waals surface area contributed by atoms with Gasteiger partial charge in [0.05, 0.1) is 0 Å². The highest BCUT2D eigenvalue weighted by Crippen LogP contribution is 2.25. The van der Waals surface area contributed by atoms with Crippen molar-refractivity contribution in [2.24, 2.45) is 5.73 Å². The van der Waals surface area contributed by atoms with Crippen LogP contribution in [-0.2, 0) is 4.74 Å². The van der Waals surface area contributed by atoms with Gasteiger partial charge in [-0.05, 0) is 44.5 Å². The van der Waals surface area contributed by atoms with E-state index in [9.17, 15) is 4.79 Å². The number of alkyl carbamates (subject to hydrolysis) is 1. The molecule has 0 heterocycles. The van der Waals surface area contributed by atoms with Crippen molar-refractivity contribution in [3.8, 4) is 0 Å². The molecule has 1 unspecified atom stereocenters. The molecule has 0 saturated carbocycles. The van der Waals surface area contributed by atoms with Gasteiger partial charge in [-0.1, -0.05) is 27.5 Å². The number of rotatable bonds is 3. The number of halogens is 2. The molecular formula is C13H18BrClN2O2. The Labute approximate surface area is 126 Å². The van der Waals surface area contributed by atoms with E-state index in [2.05, 4.69) is 21.2 Å². The lowest BCUT2D eigenvalue weighted by Gasteiger charge is -2.21. The SMILES string of the molecule is CC(C)(C)OC(=O)NCC(N)c1cc(Br)ccc1Cl. The summed E-state index contributed by atoms with van der Waals surface area (Å²) in [6, 6.07) is 5.04. The molecule has 0 radical (unpaired) electrons. The number of benzene rings is 1. The molecule has 106 valence electrons. The minimum atomic E-state index is -0.526. The second-order valence-corrected chi connectivity index (χ2v) is 6.48. The predicted molar refractivity (Wildman–Crippen MR) is 80.3 cm³/mol. The van der Waals surface area contributed by atoms with Crippen molar-refractivity contribution < 1.29 is 9.53 Å². The van der Waals surface area contributed by atoms with Crippen molar-refractivity contribution in [3.63, 3.8) is 0 Å². The Hall–Kier alpha value is -0.780. The first-order valence-corrected chi connectivity index (χ1v) is 7.03. The molecule has 1 aromatic carbocycles. The van der Waals surface area contributed by atoms with E-state index in [1.54, 1.807) is 26.8 Å². The Morgan fingerprint density at radius 1 is 1.53 bits per heavy atom. The fourth-order valence-corrected chi connectivity index (χ4v) is 2.05. The van der Waals surface area contributed by atoms with Gasteiger partial charge in [-0.3, -0.25) is 0 Å². The van der Waals surface area contributed by atoms with Crippen molar-refractivity contribution in [2.45, 2.75) is 32.4 Å². The van der Waals surface area contributed by atoms with Gasteiger partial charge in [0.2, 0.25) is 0 Å². The number of carbonyl (C=O) groups excluding carboxylic acids is 1. The molecule has 6 heteroatoms. The van der Waals surface area contributed by atoms with Crippen molar-refractivity contribution >= 4 is 33.6 Å². The zero-order chi connectivity index (χ0) is 14.6. The summed E-state index contributed by atoms with van der Waals surface area (Å²) < 4.78 is 6.02. The maximum absolute atomic E-state index is 11.5. The lowest BCUT2D eigenvalue weighted by molar-refractivity contribution is 0.0524. The van der Waals surface area contributed by atoms with Gasteiger partial charge in [0, 0.05) is 22.1 Å². The van der Waals surface area contributed by atoms with Gasteiger partial charge < -0.3 is 15.8 Å². The molecule has 4 nitrogen and oxygen atoms in total. The maximum Gasteiger partial charge on any atom is 0.407 e. The normalized spacial score (nSPS) is 12.9. The third-order valence-electron chi connectivity index (χ3n) is 2.22. The second kappa shape index (κ2) is 6.59. The van der Waals surface area contributed by atoms with E-state index in [1.807, 2.05) is 12.1 Å². The smallest absolute Gasteiger partial charge is 0.407 e. The fourth-order valence-electron chi connectivity index (χ4n) is 1.42. The molecule has 0 aromatic heterocycles. The highest BCUT2D eigenvalue weighted by molar-refractivity contribution is 9.10. The number of nitrogens with two attached hydrogens (primary N) is 1. The van der Waals surface area contributed by atoms with Crippen LogP contribution in [0.2, 0.25) is 5.02 Å². The molecule has 0 bridgehead atoms. The minimum absolute atomic E-state index is 0.255. The first kappa shape index (κ1) is 16.3. The van der Waals surface area contributed by atoms with Crippen LogP contribution >= 0.6 is 27.5 Å². The molecule has 1 atom stereocenters. The molecule has 1 aromatic rings. The maximum atomic E-state index is 11.5. The number of ether oxygens (including phenoxy) is 1. The summed E-state index contributed by atoms with van der Waals surface area (Å²) in [5.41, 5.74) is 6.25. The molecule has 19 heavy (non-hydrogen) atoms. The number of amides is 1. The summed E-state index contributed by atoms with van der Waals surface area (Å²) in [5.74, 6) is 0. The topological polar surface area (TPSA) is 64.3 Å². The average molecular weight is 350 g/mol. The summed E-state index contributed by atoms with van der Waals surface area (Å²) in [4.78, 5) is 11.5. The molecule has 0 spiro atoms. The van der Waals surface area contributed by atoms with Gasteiger partial charge in [-0.2, -0.15) is 0 Å². The molecule has 1 rings (SSSR count). The number of carbonyl (C=O) groups is 1. The summed E-state index contributed by atoms with van der Waals surface area (Å²) in [7, 11) is 0. The molecular weight excluding hydrogens is 332 g/mol. The van der Waals surface area contributed by atoms with E-state index in [0.29, 0.717) is 5.02 Å². The van der Waals surface area contributed by atoms with Gasteiger partial charge in [0.15, 0.2) is 0 Å². The monoisotopic (exact) mass is 348 g/mol. The Morgan fingerprint density at radius 3 is 2.74 bits per heavy atom. The summed E-state index contributed by atoms with van der Waals surface area (Å²) in [6.07, 6.45) is -0.492. The van der Waals surface area contributed by atoms with Gasteiger partial charge in [-0.25, -0.2) is 4.79 Å². The van der Waals surface area contributed by atoms with Crippen LogP contribution in [0.15, 0.2) is 22.7 Å². The van der Waals surface area contributed by atoms with Crippen LogP contribution in [0.1, 0.15) is 32.4 Å². The average Bonchev–Trinajstić information content (AvgIpc) is 2.27. The minimum Gasteiger partial charge on any atom is -0.444 e. The van der Waals surface area contributed by atoms with E-state index < -0.39 is 17.7 Å². The van der Waals surface area contributed by atoms with Gasteiger partial charge in [0.1, 0.15) is 5.60 Å². The number of nitrogens with one attached hydrogen (secondary N) is 1. The first-order chi connectivity index (χ1) is 8.69. The molecule has 0 fully saturated rings. The van der Waals surface area contributed by atoms with E-state index >= 15 is 0 Å². The second-order valence-electron chi connectivity index (χ2n) is 5.16. The summed E-state index contributed by atoms with van der Waals surface area (Å²) in [6.45, 7) is 5.66. The van der Waals surface area contributed by atoms with Crippen LogP contribution in [0.5, 0.6) is 0 Å². The number of hydrogen-bond donors (Lipinski definition) is 2. The van der Waals surface area contributed by atoms with Crippen LogP contribution in [0.25, 0.3) is 0 Å². The van der Waals surface area contributed by atoms with E-state index in [1.165, 1.54) is 0 Å². The lowest BCUT2D eigenvalue weighted by Crippen LogP contribution is -2.36. The van der Waals surface area contributed by atoms with Gasteiger partial charge >= 0.3 is 6.09 Å². The highest BCUT2D eigenvalue weighted by atomic mass is 79.9. The number of hydrogen-bond acceptors (Lipinski definition) is 3. The third-order valence-corrected chi connectivity index (χ3v) is 3.06. The van der Waals surface area contributed by atoms with Crippen LogP contribution in [0.4, 0.5) is 4.79 Å². The largest absolute Gasteiger partial charge is 0.444 e. The first-order valence-electron chi connectivity index (χ1n) is 5.86. The van der Waals surface area contributed by atoms with Gasteiger partial charge in [0.25, 0.3) is 0 Å². The Kier molecular flexibility index (Phi) is 5.64. The van der Waals surface area contributed by atoms with Crippen molar-refractivity contribution in [3.05, 3.63) is 33.3 Å². The van der Waals surface area contributed by atoms with Crippen molar-refractivity contribution in [1.29, 1.82) is 0 Å². The van der Waals surface area contributed by atoms with Crippen LogP contribution in [0, 0.1) is 0 Å². The fraction of sp³-hybridized carbons (Fsp3) is 0.462. The zero-order valence-electron chi connectivity index (χ0n) is 11.2. The molecule has 0 aliphatic heterocycles. The van der Waals surface area contributed by atoms with Crippen LogP contribution in [0.3, 0.4) is 0 Å². The summed E-state index contributed by atoms with van der Waals surface area (Å²) >= 11 is 9.43. The van der Waals surface area contributed by atoms with E-state index in [0.717, 1.165) is 10.0 Å². The van der Waals surface area contributed by atoms with Crippen LogP contribution < -0.4 is 11.1 Å². The van der Waals surface area contributed by atoms with Gasteiger partial charge in [-0.15, -0.1) is 0 Å². The quantitative estimate of drug-likeness (QED) is 0.876. The standard InChI is InChI=1S/C13H18BrClN2O2/c1-13(2,3)19-12(18)17-7-11(16)9-6-8(14)4-5-10(9)15/h4-6,11H,7,16H2,1-3H3,(H,17,18). The summed E-state index contributed by atoms with van der Waals surface area (Å²) in [5, 5.41) is 3.20. The lowest BCUT2D eigenvalue weighted by atomic mass is 10.1. The molecule has 0 saturated heterocycles. The molecule has 0 aliphatic carbocycles. The molecule has 0 aliphatic rings. The molecule has 1 amide bonds. The Balaban J connectivity index is 2.58. The zero-order valence-corrected chi connectivity index (χ0v) is 13.5. The predicted octanol–water partition coefficient (Wildman–Crippen LogP) is 3.63. The highest BCUT2D eigenvalue weighted by Gasteiger charge is 2.17. The van der Waals surface area contributed by atoms with E-state index in [-0.39, 0.29) is 6.54 Å².